The van der Waals surface area contributed by atoms with E-state index in [1.807, 2.05) is 36.4 Å². The predicted molar refractivity (Wildman–Crippen MR) is 83.6 cm³/mol. The fourth-order valence-electron chi connectivity index (χ4n) is 2.68. The minimum absolute atomic E-state index is 0.0948. The summed E-state index contributed by atoms with van der Waals surface area (Å²) in [6.45, 7) is 0.190. The summed E-state index contributed by atoms with van der Waals surface area (Å²) < 4.78 is 26.3. The Morgan fingerprint density at radius 1 is 1.09 bits per heavy atom. The summed E-state index contributed by atoms with van der Waals surface area (Å²) in [6.07, 6.45) is 1.70. The van der Waals surface area contributed by atoms with Gasteiger partial charge in [0, 0.05) is 44.2 Å². The molecule has 2 heterocycles. The van der Waals surface area contributed by atoms with E-state index in [2.05, 4.69) is 4.98 Å². The van der Waals surface area contributed by atoms with Gasteiger partial charge in [-0.15, -0.1) is 0 Å². The number of carbonyl (C=O) groups is 1. The highest BCUT2D eigenvalue weighted by Gasteiger charge is 2.35. The van der Waals surface area contributed by atoms with Gasteiger partial charge in [-0.1, -0.05) is 30.3 Å². The third kappa shape index (κ3) is 3.92. The molecule has 0 radical (unpaired) electrons. The fraction of sp³-hybridized carbons (Fsp3) is 0.333. The number of alkyl halides is 2. The van der Waals surface area contributed by atoms with Gasteiger partial charge in [0.2, 0.25) is 0 Å². The lowest BCUT2D eigenvalue weighted by atomic mass is 10.1. The van der Waals surface area contributed by atoms with Crippen LogP contribution in [0.4, 0.5) is 8.78 Å². The van der Waals surface area contributed by atoms with Crippen LogP contribution in [-0.4, -0.2) is 34.8 Å². The first-order chi connectivity index (χ1) is 11.0. The SMILES string of the molecule is O=C(c1ccc(Cc2ccccc2)nc1)N1CCC(F)(F)CC1. The van der Waals surface area contributed by atoms with Crippen molar-refractivity contribution in [3.8, 4) is 0 Å². The maximum atomic E-state index is 13.2. The normalized spacial score (nSPS) is 17.0. The Morgan fingerprint density at radius 2 is 1.78 bits per heavy atom. The van der Waals surface area contributed by atoms with Crippen LogP contribution in [0.2, 0.25) is 0 Å². The molecule has 0 unspecified atom stereocenters. The van der Waals surface area contributed by atoms with Crippen LogP contribution in [-0.2, 0) is 6.42 Å². The second-order valence-corrected chi connectivity index (χ2v) is 5.85. The molecule has 0 bridgehead atoms. The number of aromatic nitrogens is 1. The highest BCUT2D eigenvalue weighted by Crippen LogP contribution is 2.28. The van der Waals surface area contributed by atoms with E-state index in [-0.39, 0.29) is 31.8 Å². The van der Waals surface area contributed by atoms with E-state index < -0.39 is 5.92 Å². The lowest BCUT2D eigenvalue weighted by Crippen LogP contribution is -2.42. The van der Waals surface area contributed by atoms with Crippen LogP contribution in [0.1, 0.15) is 34.5 Å². The number of likely N-dealkylation sites (tertiary alicyclic amines) is 1. The summed E-state index contributed by atoms with van der Waals surface area (Å²) in [4.78, 5) is 18.1. The van der Waals surface area contributed by atoms with E-state index in [1.54, 1.807) is 6.07 Å². The van der Waals surface area contributed by atoms with Crippen molar-refractivity contribution in [2.24, 2.45) is 0 Å². The zero-order valence-corrected chi connectivity index (χ0v) is 12.7. The number of hydrogen-bond donors (Lipinski definition) is 0. The summed E-state index contributed by atoms with van der Waals surface area (Å²) >= 11 is 0. The zero-order valence-electron chi connectivity index (χ0n) is 12.7. The van der Waals surface area contributed by atoms with Gasteiger partial charge >= 0.3 is 0 Å². The quantitative estimate of drug-likeness (QED) is 0.868. The number of pyridine rings is 1. The Balaban J connectivity index is 1.64. The van der Waals surface area contributed by atoms with E-state index in [0.717, 1.165) is 11.3 Å². The van der Waals surface area contributed by atoms with Crippen molar-refractivity contribution in [2.75, 3.05) is 13.1 Å². The van der Waals surface area contributed by atoms with Crippen LogP contribution in [0, 0.1) is 0 Å². The summed E-state index contributed by atoms with van der Waals surface area (Å²) in [7, 11) is 0. The van der Waals surface area contributed by atoms with Crippen molar-refractivity contribution < 1.29 is 13.6 Å². The zero-order chi connectivity index (χ0) is 16.3. The van der Waals surface area contributed by atoms with Crippen molar-refractivity contribution in [3.63, 3.8) is 0 Å². The fourth-order valence-corrected chi connectivity index (χ4v) is 2.68. The number of carbonyl (C=O) groups excluding carboxylic acids is 1. The van der Waals surface area contributed by atoms with Crippen LogP contribution in [0.25, 0.3) is 0 Å². The molecule has 1 aromatic heterocycles. The smallest absolute Gasteiger partial charge is 0.255 e. The van der Waals surface area contributed by atoms with Crippen molar-refractivity contribution in [1.29, 1.82) is 0 Å². The standard InChI is InChI=1S/C18H18F2N2O/c19-18(20)8-10-22(11-9-18)17(23)15-6-7-16(21-13-15)12-14-4-2-1-3-5-14/h1-7,13H,8-12H2. The van der Waals surface area contributed by atoms with Gasteiger partial charge in [-0.25, -0.2) is 8.78 Å². The largest absolute Gasteiger partial charge is 0.338 e. The van der Waals surface area contributed by atoms with Gasteiger partial charge in [-0.05, 0) is 17.7 Å². The summed E-state index contributed by atoms with van der Waals surface area (Å²) in [5.41, 5.74) is 2.47. The molecule has 1 aromatic carbocycles. The van der Waals surface area contributed by atoms with Crippen molar-refractivity contribution in [1.82, 2.24) is 9.88 Å². The minimum atomic E-state index is -2.64. The first-order valence-electron chi connectivity index (χ1n) is 7.69. The van der Waals surface area contributed by atoms with E-state index in [0.29, 0.717) is 12.0 Å². The van der Waals surface area contributed by atoms with E-state index in [9.17, 15) is 13.6 Å². The van der Waals surface area contributed by atoms with Gasteiger partial charge in [0.05, 0.1) is 5.56 Å². The lowest BCUT2D eigenvalue weighted by molar-refractivity contribution is -0.0494. The number of nitrogens with zero attached hydrogens (tertiary/aromatic N) is 2. The molecule has 0 N–H and O–H groups in total. The molecule has 3 nitrogen and oxygen atoms in total. The first-order valence-corrected chi connectivity index (χ1v) is 7.69. The Hall–Kier alpha value is -2.30. The van der Waals surface area contributed by atoms with E-state index in [4.69, 9.17) is 0 Å². The van der Waals surface area contributed by atoms with Crippen molar-refractivity contribution in [2.45, 2.75) is 25.2 Å². The Morgan fingerprint density at radius 3 is 2.39 bits per heavy atom. The van der Waals surface area contributed by atoms with Crippen LogP contribution >= 0.6 is 0 Å². The second kappa shape index (κ2) is 6.44. The number of benzene rings is 1. The highest BCUT2D eigenvalue weighted by atomic mass is 19.3. The minimum Gasteiger partial charge on any atom is -0.338 e. The van der Waals surface area contributed by atoms with Gasteiger partial charge < -0.3 is 4.90 Å². The third-order valence-corrected chi connectivity index (χ3v) is 4.08. The summed E-state index contributed by atoms with van der Waals surface area (Å²) in [5.74, 6) is -2.87. The molecule has 1 fully saturated rings. The molecule has 0 saturated carbocycles. The Labute approximate surface area is 134 Å². The summed E-state index contributed by atoms with van der Waals surface area (Å²) in [6, 6.07) is 13.5. The maximum absolute atomic E-state index is 13.2. The van der Waals surface area contributed by atoms with Gasteiger partial charge in [0.25, 0.3) is 11.8 Å². The van der Waals surface area contributed by atoms with E-state index in [1.165, 1.54) is 11.1 Å². The first kappa shape index (κ1) is 15.6. The molecule has 1 aliphatic rings. The molecule has 1 saturated heterocycles. The Kier molecular flexibility index (Phi) is 4.37. The van der Waals surface area contributed by atoms with Crippen LogP contribution < -0.4 is 0 Å². The molecule has 1 aliphatic heterocycles. The second-order valence-electron chi connectivity index (χ2n) is 5.85. The Bertz CT molecular complexity index is 661. The van der Waals surface area contributed by atoms with Gasteiger partial charge in [0.1, 0.15) is 0 Å². The molecule has 1 amide bonds. The average molecular weight is 316 g/mol. The van der Waals surface area contributed by atoms with Gasteiger partial charge in [0.15, 0.2) is 0 Å². The van der Waals surface area contributed by atoms with Gasteiger partial charge in [-0.2, -0.15) is 0 Å². The average Bonchev–Trinajstić information content (AvgIpc) is 2.56. The maximum Gasteiger partial charge on any atom is 0.255 e. The number of piperidine rings is 1. The number of hydrogen-bond acceptors (Lipinski definition) is 2. The van der Waals surface area contributed by atoms with Crippen molar-refractivity contribution in [3.05, 3.63) is 65.5 Å². The molecular weight excluding hydrogens is 298 g/mol. The highest BCUT2D eigenvalue weighted by molar-refractivity contribution is 5.94. The molecule has 2 aromatic rings. The molecule has 0 atom stereocenters. The number of rotatable bonds is 3. The third-order valence-electron chi connectivity index (χ3n) is 4.08. The monoisotopic (exact) mass is 316 g/mol. The van der Waals surface area contributed by atoms with Crippen LogP contribution in [0.15, 0.2) is 48.7 Å². The number of halogens is 2. The number of amides is 1. The predicted octanol–water partition coefficient (Wildman–Crippen LogP) is 3.54. The topological polar surface area (TPSA) is 33.2 Å². The van der Waals surface area contributed by atoms with Crippen LogP contribution in [0.3, 0.4) is 0 Å². The lowest BCUT2D eigenvalue weighted by Gasteiger charge is -2.31. The molecule has 0 aliphatic carbocycles. The van der Waals surface area contributed by atoms with E-state index >= 15 is 0 Å². The van der Waals surface area contributed by atoms with Crippen molar-refractivity contribution >= 4 is 5.91 Å². The summed E-state index contributed by atoms with van der Waals surface area (Å²) in [5, 5.41) is 0. The molecule has 3 rings (SSSR count). The molecular formula is C18H18F2N2O. The van der Waals surface area contributed by atoms with Gasteiger partial charge in [-0.3, -0.25) is 9.78 Å². The molecule has 5 heteroatoms. The van der Waals surface area contributed by atoms with Crippen LogP contribution in [0.5, 0.6) is 0 Å². The molecule has 0 spiro atoms. The molecule has 23 heavy (non-hydrogen) atoms. The molecule has 120 valence electrons.